The quantitative estimate of drug-likeness (QED) is 0.531. The van der Waals surface area contributed by atoms with Crippen molar-refractivity contribution in [1.82, 2.24) is 16.0 Å². The average Bonchev–Trinajstić information content (AvgIpc) is 3.65. The summed E-state index contributed by atoms with van der Waals surface area (Å²) >= 11 is 0. The first-order chi connectivity index (χ1) is 15.5. The molecule has 2 aliphatic rings. The lowest BCUT2D eigenvalue weighted by Crippen LogP contribution is -2.44. The summed E-state index contributed by atoms with van der Waals surface area (Å²) in [6.45, 7) is 5.69. The van der Waals surface area contributed by atoms with Gasteiger partial charge in [0.25, 0.3) is 11.8 Å². The van der Waals surface area contributed by atoms with Crippen molar-refractivity contribution in [2.75, 3.05) is 18.4 Å². The number of carbonyl (C=O) groups is 2. The third kappa shape index (κ3) is 5.46. The summed E-state index contributed by atoms with van der Waals surface area (Å²) in [5.41, 5.74) is 4.14. The first-order valence-electron chi connectivity index (χ1n) is 11.5. The summed E-state index contributed by atoms with van der Waals surface area (Å²) < 4.78 is 0. The molecule has 2 fully saturated rings. The Kier molecular flexibility index (Phi) is 6.73. The van der Waals surface area contributed by atoms with Crippen molar-refractivity contribution < 1.29 is 9.59 Å². The van der Waals surface area contributed by atoms with E-state index in [4.69, 9.17) is 0 Å². The fourth-order valence-electron chi connectivity index (χ4n) is 3.65. The Labute approximate surface area is 189 Å². The first kappa shape index (κ1) is 21.9. The molecule has 1 unspecified atom stereocenters. The van der Waals surface area contributed by atoms with E-state index in [9.17, 15) is 9.59 Å². The zero-order chi connectivity index (χ0) is 22.5. The maximum absolute atomic E-state index is 12.7. The number of hydrogen-bond acceptors (Lipinski definition) is 3. The Morgan fingerprint density at radius 1 is 1.09 bits per heavy atom. The molecular weight excluding hydrogens is 402 g/mol. The fraction of sp³-hybridized carbons (Fsp3) is 0.400. The van der Waals surface area contributed by atoms with Gasteiger partial charge in [-0.05, 0) is 80.5 Å². The third-order valence-electron chi connectivity index (χ3n) is 5.86. The monoisotopic (exact) mass is 433 g/mol. The van der Waals surface area contributed by atoms with Crippen LogP contribution < -0.4 is 21.3 Å². The molecule has 2 aromatic rings. The minimum Gasteiger partial charge on any atom is -0.356 e. The van der Waals surface area contributed by atoms with Gasteiger partial charge in [0.1, 0.15) is 0 Å². The van der Waals surface area contributed by atoms with Crippen LogP contribution in [0.1, 0.15) is 71.7 Å². The second-order valence-corrected chi connectivity index (χ2v) is 8.54. The number of rotatable bonds is 7. The molecule has 0 spiro atoms. The largest absolute Gasteiger partial charge is 0.356 e. The molecule has 0 aromatic heterocycles. The fourth-order valence-corrected chi connectivity index (χ4v) is 3.65. The molecule has 4 rings (SSSR count). The molecule has 2 aromatic carbocycles. The molecular formula is C25H31N5O2. The molecule has 1 saturated carbocycles. The Bertz CT molecular complexity index is 1020. The molecule has 1 aliphatic heterocycles. The molecule has 2 amide bonds. The molecule has 1 heterocycles. The highest BCUT2D eigenvalue weighted by Crippen LogP contribution is 2.44. The minimum atomic E-state index is -0.251. The second kappa shape index (κ2) is 9.85. The minimum absolute atomic E-state index is 0.0737. The highest BCUT2D eigenvalue weighted by molar-refractivity contribution is 6.03. The number of nitrogens with one attached hydrogen (secondary N) is 4. The zero-order valence-electron chi connectivity index (χ0n) is 18.7. The Morgan fingerprint density at radius 3 is 2.59 bits per heavy atom. The van der Waals surface area contributed by atoms with Crippen LogP contribution >= 0.6 is 0 Å². The van der Waals surface area contributed by atoms with Crippen LogP contribution in [0.4, 0.5) is 11.4 Å². The van der Waals surface area contributed by atoms with E-state index in [0.717, 1.165) is 55.7 Å². The van der Waals surface area contributed by atoms with E-state index in [2.05, 4.69) is 26.3 Å². The van der Waals surface area contributed by atoms with Gasteiger partial charge in [-0.2, -0.15) is 4.99 Å². The number of anilines is 2. The number of hydrogen-bond donors (Lipinski definition) is 4. The molecule has 4 N–H and O–H groups in total. The van der Waals surface area contributed by atoms with E-state index in [1.54, 1.807) is 0 Å². The van der Waals surface area contributed by atoms with Gasteiger partial charge in [-0.15, -0.1) is 0 Å². The van der Waals surface area contributed by atoms with Crippen LogP contribution in [0, 0.1) is 0 Å². The molecule has 0 bridgehead atoms. The van der Waals surface area contributed by atoms with Crippen LogP contribution in [0.3, 0.4) is 0 Å². The Morgan fingerprint density at radius 2 is 1.88 bits per heavy atom. The smallest absolute Gasteiger partial charge is 0.280 e. The summed E-state index contributed by atoms with van der Waals surface area (Å²) in [5, 5.41) is 12.7. The Hall–Kier alpha value is -3.35. The molecule has 32 heavy (non-hydrogen) atoms. The molecule has 0 radical (unpaired) electrons. The number of carbonyl (C=O) groups excluding carboxylic acids is 2. The van der Waals surface area contributed by atoms with Gasteiger partial charge < -0.3 is 21.3 Å². The third-order valence-corrected chi connectivity index (χ3v) is 5.86. The molecule has 1 atom stereocenters. The van der Waals surface area contributed by atoms with E-state index < -0.39 is 0 Å². The lowest BCUT2D eigenvalue weighted by atomic mass is 10.0. The van der Waals surface area contributed by atoms with Crippen LogP contribution in [0.15, 0.2) is 47.5 Å². The van der Waals surface area contributed by atoms with Gasteiger partial charge in [0.15, 0.2) is 5.96 Å². The normalized spacial score (nSPS) is 16.4. The van der Waals surface area contributed by atoms with Crippen LogP contribution in [0.5, 0.6) is 0 Å². The van der Waals surface area contributed by atoms with Crippen molar-refractivity contribution in [3.63, 3.8) is 0 Å². The van der Waals surface area contributed by atoms with Crippen molar-refractivity contribution in [2.45, 2.75) is 51.5 Å². The lowest BCUT2D eigenvalue weighted by Gasteiger charge is -2.17. The molecule has 1 aliphatic carbocycles. The van der Waals surface area contributed by atoms with Crippen molar-refractivity contribution >= 4 is 29.1 Å². The van der Waals surface area contributed by atoms with Gasteiger partial charge in [0, 0.05) is 41.6 Å². The van der Waals surface area contributed by atoms with E-state index in [1.807, 2.05) is 56.3 Å². The van der Waals surface area contributed by atoms with Gasteiger partial charge in [0.2, 0.25) is 0 Å². The maximum Gasteiger partial charge on any atom is 0.280 e. The highest BCUT2D eigenvalue weighted by atomic mass is 16.2. The van der Waals surface area contributed by atoms with Crippen LogP contribution in [0.25, 0.3) is 0 Å². The maximum atomic E-state index is 12.7. The molecule has 7 nitrogen and oxygen atoms in total. The van der Waals surface area contributed by atoms with Gasteiger partial charge in [-0.3, -0.25) is 9.59 Å². The van der Waals surface area contributed by atoms with Gasteiger partial charge in [-0.25, -0.2) is 0 Å². The summed E-state index contributed by atoms with van der Waals surface area (Å²) in [4.78, 5) is 29.4. The number of nitrogens with zero attached hydrogens (tertiary/aromatic N) is 1. The summed E-state index contributed by atoms with van der Waals surface area (Å²) in [6, 6.07) is 13.3. The van der Waals surface area contributed by atoms with Crippen molar-refractivity contribution in [1.29, 1.82) is 0 Å². The van der Waals surface area contributed by atoms with Crippen LogP contribution in [-0.2, 0) is 0 Å². The van der Waals surface area contributed by atoms with Crippen LogP contribution in [0.2, 0.25) is 0 Å². The number of amides is 2. The summed E-state index contributed by atoms with van der Waals surface area (Å²) in [5.74, 6) is 0.666. The SMILES string of the molecule is CCC(C)NC(=O)c1cccc(Nc2ccc(C(=O)N=C3NCCCN3)cc2C2CC2)c1. The van der Waals surface area contributed by atoms with E-state index >= 15 is 0 Å². The second-order valence-electron chi connectivity index (χ2n) is 8.54. The molecule has 7 heteroatoms. The van der Waals surface area contributed by atoms with Crippen molar-refractivity contribution in [3.8, 4) is 0 Å². The standard InChI is InChI=1S/C25H31N5O2/c1-3-16(2)28-23(31)18-6-4-7-20(14-18)29-22-11-10-19(15-21(22)17-8-9-17)24(32)30-25-26-12-5-13-27-25/h4,6-7,10-11,14-17,29H,3,5,8-9,12-13H2,1-2H3,(H,28,31)(H2,26,27,30,32). The van der Waals surface area contributed by atoms with Gasteiger partial charge in [0.05, 0.1) is 0 Å². The first-order valence-corrected chi connectivity index (χ1v) is 11.5. The number of guanidine groups is 1. The van der Waals surface area contributed by atoms with Crippen molar-refractivity contribution in [2.24, 2.45) is 4.99 Å². The molecule has 168 valence electrons. The number of aliphatic imine (C=N–C) groups is 1. The summed E-state index contributed by atoms with van der Waals surface area (Å²) in [7, 11) is 0. The van der Waals surface area contributed by atoms with E-state index in [0.29, 0.717) is 23.0 Å². The van der Waals surface area contributed by atoms with Crippen LogP contribution in [-0.4, -0.2) is 36.9 Å². The predicted octanol–water partition coefficient (Wildman–Crippen LogP) is 3.92. The molecule has 1 saturated heterocycles. The van der Waals surface area contributed by atoms with Gasteiger partial charge >= 0.3 is 0 Å². The zero-order valence-corrected chi connectivity index (χ0v) is 18.7. The highest BCUT2D eigenvalue weighted by Gasteiger charge is 2.27. The average molecular weight is 434 g/mol. The van der Waals surface area contributed by atoms with E-state index in [-0.39, 0.29) is 17.9 Å². The Balaban J connectivity index is 1.52. The summed E-state index contributed by atoms with van der Waals surface area (Å²) in [6.07, 6.45) is 4.12. The van der Waals surface area contributed by atoms with E-state index in [1.165, 1.54) is 0 Å². The predicted molar refractivity (Wildman–Crippen MR) is 128 cm³/mol. The lowest BCUT2D eigenvalue weighted by molar-refractivity contribution is 0.0938. The van der Waals surface area contributed by atoms with Gasteiger partial charge in [-0.1, -0.05) is 13.0 Å². The topological polar surface area (TPSA) is 94.6 Å². The number of benzene rings is 2. The van der Waals surface area contributed by atoms with Crippen molar-refractivity contribution in [3.05, 3.63) is 59.2 Å².